The molecular formula is C48H70ClN5O5. The van der Waals surface area contributed by atoms with E-state index in [-0.39, 0.29) is 28.8 Å². The summed E-state index contributed by atoms with van der Waals surface area (Å²) >= 11 is 7.01. The van der Waals surface area contributed by atoms with Gasteiger partial charge in [-0.25, -0.2) is 10.4 Å². The molecule has 10 nitrogen and oxygen atoms in total. The number of carbonyl (C=O) groups is 3. The van der Waals surface area contributed by atoms with Crippen molar-refractivity contribution < 1.29 is 24.2 Å². The van der Waals surface area contributed by atoms with Gasteiger partial charge in [0.25, 0.3) is 11.8 Å². The Labute approximate surface area is 358 Å². The van der Waals surface area contributed by atoms with Crippen molar-refractivity contribution >= 4 is 35.0 Å². The number of hydrazine groups is 1. The number of fused-ring (bicyclic) bond motifs is 1. The molecule has 59 heavy (non-hydrogen) atoms. The second kappa shape index (κ2) is 23.5. The summed E-state index contributed by atoms with van der Waals surface area (Å²) in [5.74, 6) is 1.37. The van der Waals surface area contributed by atoms with Gasteiger partial charge in [0, 0.05) is 54.0 Å². The highest BCUT2D eigenvalue weighted by Crippen LogP contribution is 2.43. The number of hydrogen-bond donors (Lipinski definition) is 4. The van der Waals surface area contributed by atoms with Gasteiger partial charge in [-0.2, -0.15) is 0 Å². The summed E-state index contributed by atoms with van der Waals surface area (Å²) in [6.45, 7) is 19.8. The third-order valence-electron chi connectivity index (χ3n) is 12.0. The number of aliphatic hydroxyl groups is 1. The quantitative estimate of drug-likeness (QED) is 0.112. The number of ether oxygens (including phenoxy) is 1. The molecule has 5 rings (SSSR count). The van der Waals surface area contributed by atoms with E-state index in [4.69, 9.17) is 26.4 Å². The number of hydrogen-bond acceptors (Lipinski definition) is 7. The summed E-state index contributed by atoms with van der Waals surface area (Å²) in [4.78, 5) is 42.2. The van der Waals surface area contributed by atoms with E-state index in [2.05, 4.69) is 63.7 Å². The van der Waals surface area contributed by atoms with E-state index < -0.39 is 5.91 Å². The molecule has 324 valence electrons. The fraction of sp³-hybridized carbons (Fsp3) is 0.542. The number of methoxy groups -OCH3 is 1. The molecule has 1 aromatic heterocycles. The molecule has 0 radical (unpaired) electrons. The number of aliphatic hydroxyl groups excluding tert-OH is 1. The van der Waals surface area contributed by atoms with Gasteiger partial charge >= 0.3 is 0 Å². The van der Waals surface area contributed by atoms with E-state index in [0.717, 1.165) is 78.8 Å². The van der Waals surface area contributed by atoms with Crippen molar-refractivity contribution in [1.82, 2.24) is 20.7 Å². The lowest BCUT2D eigenvalue weighted by molar-refractivity contribution is -0.131. The highest BCUT2D eigenvalue weighted by molar-refractivity contribution is 6.36. The molecule has 0 saturated carbocycles. The first-order chi connectivity index (χ1) is 28.2. The Bertz CT molecular complexity index is 1910. The summed E-state index contributed by atoms with van der Waals surface area (Å²) in [5, 5.41) is 16.0. The molecule has 3 atom stereocenters. The Balaban J connectivity index is 0.000000356. The van der Waals surface area contributed by atoms with Crippen LogP contribution in [0.25, 0.3) is 22.4 Å². The number of amides is 3. The molecule has 0 fully saturated rings. The molecule has 1 aliphatic carbocycles. The largest absolute Gasteiger partial charge is 0.481 e. The van der Waals surface area contributed by atoms with Crippen molar-refractivity contribution in [2.75, 3.05) is 32.6 Å². The van der Waals surface area contributed by atoms with Crippen LogP contribution >= 0.6 is 11.6 Å². The second-order valence-corrected chi connectivity index (χ2v) is 16.4. The monoisotopic (exact) mass is 832 g/mol. The standard InChI is InChI=1S/C29H29ClN4O3.C16H33NO.C3H8O/c1-16-11-12-18-15-24(33-28(37-4)25(16)18)21-9-5-8-20(26(21)30)19-7-6-10-23(17(19)2)32-27(35)22-13-14-31-34(3)29(22)36;1-7-13(5)11-12-16(9-3,10-4)17-15(18)14(6)8-2;1-2-3-4/h5-10,13,15-16,31H,11-12,14H2,1-4H3,(H,32,35);13-14H,7-12H2,1-6H3,(H,17,18);4H,2-3H2,1H3/t;13-,14-;/m.1./s1. The Morgan fingerprint density at radius 2 is 1.69 bits per heavy atom. The first-order valence-corrected chi connectivity index (χ1v) is 22.0. The number of aromatic nitrogens is 1. The summed E-state index contributed by atoms with van der Waals surface area (Å²) in [6.07, 6.45) is 11.1. The smallest absolute Gasteiger partial charge is 0.273 e. The van der Waals surface area contributed by atoms with Crippen LogP contribution in [0.15, 0.2) is 54.1 Å². The predicted octanol–water partition coefficient (Wildman–Crippen LogP) is 10.2. The van der Waals surface area contributed by atoms with E-state index in [1.165, 1.54) is 29.0 Å². The molecule has 3 amide bonds. The molecule has 1 unspecified atom stereocenters. The van der Waals surface area contributed by atoms with Gasteiger partial charge in [-0.3, -0.25) is 19.4 Å². The number of rotatable bonds is 15. The van der Waals surface area contributed by atoms with Crippen molar-refractivity contribution in [2.24, 2.45) is 11.8 Å². The number of benzene rings is 2. The lowest BCUT2D eigenvalue weighted by Gasteiger charge is -2.35. The zero-order valence-electron chi connectivity index (χ0n) is 37.5. The van der Waals surface area contributed by atoms with Gasteiger partial charge in [-0.05, 0) is 98.9 Å². The third-order valence-corrected chi connectivity index (χ3v) is 12.4. The maximum absolute atomic E-state index is 12.9. The van der Waals surface area contributed by atoms with Crippen molar-refractivity contribution in [1.29, 1.82) is 0 Å². The number of nitrogens with one attached hydrogen (secondary N) is 3. The molecular weight excluding hydrogens is 762 g/mol. The molecule has 2 heterocycles. The van der Waals surface area contributed by atoms with E-state index in [1.54, 1.807) is 20.2 Å². The van der Waals surface area contributed by atoms with Crippen LogP contribution in [0.1, 0.15) is 129 Å². The van der Waals surface area contributed by atoms with E-state index in [9.17, 15) is 14.4 Å². The minimum Gasteiger partial charge on any atom is -0.481 e. The number of likely N-dealkylation sites (N-methyl/N-ethyl adjacent to an activating group) is 1. The third kappa shape index (κ3) is 12.6. The highest BCUT2D eigenvalue weighted by atomic mass is 35.5. The second-order valence-electron chi connectivity index (χ2n) is 16.0. The minimum atomic E-state index is -0.442. The SMILES string of the molecule is CCCO.CC[C@@H](C)CCC(CC)(CC)NC(=O)[C@H](C)CC.COc1nc(-c2cccc(-c3cccc(NC(=O)C4=CCNN(C)C4=O)c3C)c2Cl)cc2c1C(C)CC2. The van der Waals surface area contributed by atoms with Crippen molar-refractivity contribution in [3.05, 3.63) is 75.8 Å². The van der Waals surface area contributed by atoms with Gasteiger partial charge in [0.05, 0.1) is 17.8 Å². The Morgan fingerprint density at radius 1 is 1.05 bits per heavy atom. The maximum Gasteiger partial charge on any atom is 0.273 e. The molecule has 0 bridgehead atoms. The molecule has 11 heteroatoms. The van der Waals surface area contributed by atoms with Crippen LogP contribution in [0.5, 0.6) is 5.88 Å². The summed E-state index contributed by atoms with van der Waals surface area (Å²) in [5.41, 5.74) is 10.2. The molecule has 2 aromatic carbocycles. The predicted molar refractivity (Wildman–Crippen MR) is 243 cm³/mol. The van der Waals surface area contributed by atoms with Gasteiger partial charge in [-0.15, -0.1) is 0 Å². The zero-order valence-corrected chi connectivity index (χ0v) is 38.2. The topological polar surface area (TPSA) is 133 Å². The number of anilines is 1. The zero-order chi connectivity index (χ0) is 43.9. The maximum atomic E-state index is 12.9. The van der Waals surface area contributed by atoms with Crippen LogP contribution in [0.3, 0.4) is 0 Å². The van der Waals surface area contributed by atoms with Gasteiger partial charge in [-0.1, -0.05) is 110 Å². The van der Waals surface area contributed by atoms with Crippen LogP contribution < -0.4 is 20.8 Å². The van der Waals surface area contributed by atoms with Gasteiger partial charge in [0.15, 0.2) is 0 Å². The normalized spacial score (nSPS) is 15.7. The van der Waals surface area contributed by atoms with E-state index in [0.29, 0.717) is 35.7 Å². The molecule has 4 N–H and O–H groups in total. The number of halogens is 1. The number of pyridine rings is 1. The lowest BCUT2D eigenvalue weighted by atomic mass is 9.84. The first-order valence-electron chi connectivity index (χ1n) is 21.6. The van der Waals surface area contributed by atoms with Crippen LogP contribution in [0.4, 0.5) is 5.69 Å². The summed E-state index contributed by atoms with van der Waals surface area (Å²) in [7, 11) is 3.25. The van der Waals surface area contributed by atoms with E-state index in [1.807, 2.05) is 57.2 Å². The van der Waals surface area contributed by atoms with Gasteiger partial charge < -0.3 is 20.5 Å². The first kappa shape index (κ1) is 49.1. The average Bonchev–Trinajstić information content (AvgIpc) is 3.63. The van der Waals surface area contributed by atoms with Crippen LogP contribution in [0, 0.1) is 18.8 Å². The summed E-state index contributed by atoms with van der Waals surface area (Å²) in [6, 6.07) is 13.7. The van der Waals surface area contributed by atoms with Crippen LogP contribution in [-0.4, -0.2) is 65.7 Å². The fourth-order valence-electron chi connectivity index (χ4n) is 7.27. The van der Waals surface area contributed by atoms with E-state index >= 15 is 0 Å². The highest BCUT2D eigenvalue weighted by Gasteiger charge is 2.30. The molecule has 1 aliphatic heterocycles. The molecule has 0 spiro atoms. The minimum absolute atomic E-state index is 0.0178. The van der Waals surface area contributed by atoms with Crippen molar-refractivity contribution in [2.45, 2.75) is 132 Å². The fourth-order valence-corrected chi connectivity index (χ4v) is 7.59. The Morgan fingerprint density at radius 3 is 2.31 bits per heavy atom. The molecule has 0 saturated heterocycles. The number of nitrogens with zero attached hydrogens (tertiary/aromatic N) is 2. The van der Waals surface area contributed by atoms with Gasteiger partial charge in [0.2, 0.25) is 11.8 Å². The van der Waals surface area contributed by atoms with Crippen molar-refractivity contribution in [3.63, 3.8) is 0 Å². The van der Waals surface area contributed by atoms with Crippen LogP contribution in [-0.2, 0) is 20.8 Å². The lowest BCUT2D eigenvalue weighted by Crippen LogP contribution is -2.49. The van der Waals surface area contributed by atoms with Gasteiger partial charge in [0.1, 0.15) is 5.57 Å². The summed E-state index contributed by atoms with van der Waals surface area (Å²) < 4.78 is 5.65. The number of carbonyl (C=O) groups excluding carboxylic acids is 3. The Hall–Kier alpha value is -4.25. The van der Waals surface area contributed by atoms with Crippen LogP contribution in [0.2, 0.25) is 5.02 Å². The Kier molecular flexibility index (Phi) is 19.6. The molecule has 2 aliphatic rings. The average molecular weight is 833 g/mol. The van der Waals surface area contributed by atoms with Crippen molar-refractivity contribution in [3.8, 4) is 28.3 Å². The number of aryl methyl sites for hydroxylation is 1. The molecule has 3 aromatic rings.